The average Bonchev–Trinajstić information content (AvgIpc) is 2.20. The first-order valence-corrected chi connectivity index (χ1v) is 4.77. The summed E-state index contributed by atoms with van der Waals surface area (Å²) in [4.78, 5) is 0. The smallest absolute Gasteiger partial charge is 0.0323 e. The molecule has 12 heavy (non-hydrogen) atoms. The monoisotopic (exact) mass is 159 g/mol. The molecule has 0 radical (unpaired) electrons. The van der Waals surface area contributed by atoms with E-state index in [1.165, 1.54) is 19.4 Å². The Morgan fingerprint density at radius 2 is 1.92 bits per heavy atom. The van der Waals surface area contributed by atoms with Gasteiger partial charge in [-0.2, -0.15) is 0 Å². The van der Waals surface area contributed by atoms with Gasteiger partial charge in [-0.3, -0.25) is 0 Å². The second-order valence-electron chi connectivity index (χ2n) is 3.86. The highest BCUT2D eigenvalue weighted by Crippen LogP contribution is 2.40. The highest BCUT2D eigenvalue weighted by Gasteiger charge is 2.31. The normalized spacial score (nSPS) is 31.7. The maximum atomic E-state index is 3.57. The van der Waals surface area contributed by atoms with Gasteiger partial charge in [-0.1, -0.05) is 24.3 Å². The Morgan fingerprint density at radius 1 is 1.08 bits per heavy atom. The van der Waals surface area contributed by atoms with E-state index in [1.54, 1.807) is 11.1 Å². The van der Waals surface area contributed by atoms with E-state index in [0.29, 0.717) is 6.04 Å². The van der Waals surface area contributed by atoms with Gasteiger partial charge in [0.2, 0.25) is 0 Å². The van der Waals surface area contributed by atoms with E-state index in [0.717, 1.165) is 5.92 Å². The number of benzene rings is 1. The van der Waals surface area contributed by atoms with Gasteiger partial charge in [0, 0.05) is 12.6 Å². The molecule has 1 nitrogen and oxygen atoms in total. The minimum absolute atomic E-state index is 0.659. The molecule has 0 spiro atoms. The third kappa shape index (κ3) is 0.774. The van der Waals surface area contributed by atoms with Crippen molar-refractivity contribution in [3.63, 3.8) is 0 Å². The maximum absolute atomic E-state index is 3.57. The first-order chi connectivity index (χ1) is 5.95. The molecule has 2 heterocycles. The van der Waals surface area contributed by atoms with Crippen molar-refractivity contribution in [2.45, 2.75) is 24.8 Å². The first-order valence-electron chi connectivity index (χ1n) is 4.77. The Bertz CT molecular complexity index is 267. The Morgan fingerprint density at radius 3 is 2.58 bits per heavy atom. The third-order valence-corrected chi connectivity index (χ3v) is 3.23. The van der Waals surface area contributed by atoms with Crippen LogP contribution in [0.4, 0.5) is 0 Å². The topological polar surface area (TPSA) is 12.0 Å². The summed E-state index contributed by atoms with van der Waals surface area (Å²) in [5.74, 6) is 0.797. The van der Waals surface area contributed by atoms with E-state index < -0.39 is 0 Å². The second-order valence-corrected chi connectivity index (χ2v) is 3.86. The maximum Gasteiger partial charge on any atom is 0.0323 e. The fourth-order valence-electron chi connectivity index (χ4n) is 2.59. The molecule has 1 aromatic carbocycles. The Balaban J connectivity index is 2.19. The summed E-state index contributed by atoms with van der Waals surface area (Å²) in [6, 6.07) is 9.55. The predicted octanol–water partition coefficient (Wildman–Crippen LogP) is 2.21. The van der Waals surface area contributed by atoms with Crippen LogP contribution in [0.5, 0.6) is 0 Å². The molecule has 1 saturated heterocycles. The summed E-state index contributed by atoms with van der Waals surface area (Å²) in [6.45, 7) is 1.20. The number of piperidine rings is 1. The van der Waals surface area contributed by atoms with Crippen LogP contribution in [0.1, 0.15) is 35.9 Å². The van der Waals surface area contributed by atoms with E-state index in [-0.39, 0.29) is 0 Å². The highest BCUT2D eigenvalue weighted by atomic mass is 14.9. The molecule has 0 unspecified atom stereocenters. The standard InChI is InChI=1S/C11H13N/c1-2-4-10-9(3-1)8-5-6-11(10)12-7-8/h1-4,8,11-12H,5-7H2/t8-,11+/m0/s1. The minimum atomic E-state index is 0.659. The van der Waals surface area contributed by atoms with Crippen LogP contribution in [0.2, 0.25) is 0 Å². The molecule has 1 aliphatic carbocycles. The number of fused-ring (bicyclic) bond motifs is 2. The van der Waals surface area contributed by atoms with Gasteiger partial charge < -0.3 is 5.32 Å². The van der Waals surface area contributed by atoms with Crippen LogP contribution in [0, 0.1) is 0 Å². The molecular weight excluding hydrogens is 146 g/mol. The van der Waals surface area contributed by atoms with Gasteiger partial charge in [0.15, 0.2) is 0 Å². The molecule has 1 aromatic rings. The predicted molar refractivity (Wildman–Crippen MR) is 49.2 cm³/mol. The molecule has 62 valence electrons. The van der Waals surface area contributed by atoms with Crippen LogP contribution >= 0.6 is 0 Å². The van der Waals surface area contributed by atoms with Gasteiger partial charge >= 0.3 is 0 Å². The van der Waals surface area contributed by atoms with E-state index in [1.807, 2.05) is 0 Å². The lowest BCUT2D eigenvalue weighted by atomic mass is 9.76. The van der Waals surface area contributed by atoms with Crippen molar-refractivity contribution in [3.05, 3.63) is 35.4 Å². The lowest BCUT2D eigenvalue weighted by Gasteiger charge is -2.39. The summed E-state index contributed by atoms with van der Waals surface area (Å²) < 4.78 is 0. The van der Waals surface area contributed by atoms with E-state index >= 15 is 0 Å². The van der Waals surface area contributed by atoms with Crippen LogP contribution in [0.3, 0.4) is 0 Å². The zero-order valence-electron chi connectivity index (χ0n) is 7.09. The van der Waals surface area contributed by atoms with Gasteiger partial charge in [0.05, 0.1) is 0 Å². The molecule has 2 aliphatic heterocycles. The molecule has 1 heteroatoms. The van der Waals surface area contributed by atoms with Crippen LogP contribution in [0.25, 0.3) is 0 Å². The van der Waals surface area contributed by atoms with Crippen molar-refractivity contribution in [3.8, 4) is 0 Å². The molecule has 0 amide bonds. The quantitative estimate of drug-likeness (QED) is 0.612. The van der Waals surface area contributed by atoms with Crippen molar-refractivity contribution >= 4 is 0 Å². The largest absolute Gasteiger partial charge is 0.309 e. The summed E-state index contributed by atoms with van der Waals surface area (Å²) >= 11 is 0. The number of rotatable bonds is 0. The van der Waals surface area contributed by atoms with Gasteiger partial charge in [-0.05, 0) is 29.9 Å². The zero-order valence-corrected chi connectivity index (χ0v) is 7.09. The van der Waals surface area contributed by atoms with E-state index in [2.05, 4.69) is 29.6 Å². The lowest BCUT2D eigenvalue weighted by molar-refractivity contribution is 0.338. The number of hydrogen-bond acceptors (Lipinski definition) is 1. The highest BCUT2D eigenvalue weighted by molar-refractivity contribution is 5.37. The van der Waals surface area contributed by atoms with Crippen molar-refractivity contribution in [1.82, 2.24) is 5.32 Å². The molecule has 0 saturated carbocycles. The Kier molecular flexibility index (Phi) is 1.30. The average molecular weight is 159 g/mol. The van der Waals surface area contributed by atoms with Gasteiger partial charge in [-0.15, -0.1) is 0 Å². The second kappa shape index (κ2) is 2.33. The number of hydrogen-bond donors (Lipinski definition) is 1. The molecule has 0 aromatic heterocycles. The lowest BCUT2D eigenvalue weighted by Crippen LogP contribution is -2.38. The van der Waals surface area contributed by atoms with Crippen LogP contribution in [-0.2, 0) is 0 Å². The summed E-state index contributed by atoms with van der Waals surface area (Å²) in [5, 5.41) is 3.57. The van der Waals surface area contributed by atoms with Gasteiger partial charge in [0.25, 0.3) is 0 Å². The van der Waals surface area contributed by atoms with Crippen molar-refractivity contribution in [2.75, 3.05) is 6.54 Å². The molecule has 1 N–H and O–H groups in total. The van der Waals surface area contributed by atoms with Crippen molar-refractivity contribution in [1.29, 1.82) is 0 Å². The molecule has 2 bridgehead atoms. The third-order valence-electron chi connectivity index (χ3n) is 3.23. The first kappa shape index (κ1) is 6.67. The van der Waals surface area contributed by atoms with Gasteiger partial charge in [-0.25, -0.2) is 0 Å². The van der Waals surface area contributed by atoms with E-state index in [4.69, 9.17) is 0 Å². The van der Waals surface area contributed by atoms with Crippen molar-refractivity contribution in [2.24, 2.45) is 0 Å². The summed E-state index contributed by atoms with van der Waals surface area (Å²) in [5.41, 5.74) is 3.16. The molecular formula is C11H13N. The molecule has 2 atom stereocenters. The van der Waals surface area contributed by atoms with Gasteiger partial charge in [0.1, 0.15) is 0 Å². The summed E-state index contributed by atoms with van der Waals surface area (Å²) in [6.07, 6.45) is 2.72. The summed E-state index contributed by atoms with van der Waals surface area (Å²) in [7, 11) is 0. The SMILES string of the molecule is c1ccc2c(c1)[C@H]1CC[C@H]2NC1. The minimum Gasteiger partial charge on any atom is -0.309 e. The Hall–Kier alpha value is -0.820. The fraction of sp³-hybridized carbons (Fsp3) is 0.455. The Labute approximate surface area is 72.8 Å². The molecule has 1 fully saturated rings. The zero-order chi connectivity index (χ0) is 7.97. The molecule has 4 rings (SSSR count). The fourth-order valence-corrected chi connectivity index (χ4v) is 2.59. The molecule has 3 aliphatic rings. The number of nitrogens with one attached hydrogen (secondary N) is 1. The van der Waals surface area contributed by atoms with Crippen LogP contribution in [0.15, 0.2) is 24.3 Å². The van der Waals surface area contributed by atoms with Crippen LogP contribution in [-0.4, -0.2) is 6.54 Å². The van der Waals surface area contributed by atoms with E-state index in [9.17, 15) is 0 Å². The van der Waals surface area contributed by atoms with Crippen LogP contribution < -0.4 is 5.32 Å². The van der Waals surface area contributed by atoms with Crippen molar-refractivity contribution < 1.29 is 0 Å².